The summed E-state index contributed by atoms with van der Waals surface area (Å²) < 4.78 is 110. The van der Waals surface area contributed by atoms with Crippen LogP contribution in [0.4, 0.5) is 44.7 Å². The summed E-state index contributed by atoms with van der Waals surface area (Å²) in [6, 6.07) is 17.9. The Morgan fingerprint density at radius 3 is 2.19 bits per heavy atom. The highest BCUT2D eigenvalue weighted by Gasteiger charge is 2.24. The second kappa shape index (κ2) is 21.7. The van der Waals surface area contributed by atoms with Gasteiger partial charge in [0, 0.05) is 29.8 Å². The van der Waals surface area contributed by atoms with E-state index in [0.717, 1.165) is 35.9 Å². The molecule has 0 saturated carbocycles. The SMILES string of the molecule is Cc1ccc(C=O)c(N=N/C(=N\Nc2cc(S(=O)(=O)O)cc(Nc3nc(F)nc(NCCn4c(O)c(C(N)=O)c(C)c(N=Nc5ccc(S(=O)(=O)COS(=O)(=O)O)cc5C)c4=O)n3)c2O)c2ccccc2)c1. The van der Waals surface area contributed by atoms with Gasteiger partial charge in [-0.05, 0) is 74.4 Å². The largest absolute Gasteiger partial charge is 0.504 e. The van der Waals surface area contributed by atoms with Crippen LogP contribution in [0.5, 0.6) is 11.6 Å². The number of nitrogens with one attached hydrogen (secondary N) is 3. The van der Waals surface area contributed by atoms with Crippen LogP contribution in [-0.4, -0.2) is 94.6 Å². The third-order valence-electron chi connectivity index (χ3n) is 9.77. The number of halogens is 1. The number of anilines is 4. The number of primary amides is 1. The van der Waals surface area contributed by atoms with Crippen LogP contribution in [0.2, 0.25) is 0 Å². The number of hydrogen-bond acceptors (Lipinski definition) is 22. The Hall–Kier alpha value is -8.49. The molecule has 0 aliphatic heterocycles. The second-order valence-corrected chi connectivity index (χ2v) is 19.3. The molecule has 0 aliphatic carbocycles. The number of aromatic hydroxyl groups is 2. The lowest BCUT2D eigenvalue weighted by Gasteiger charge is -2.15. The van der Waals surface area contributed by atoms with Gasteiger partial charge in [-0.3, -0.25) is 33.5 Å². The summed E-state index contributed by atoms with van der Waals surface area (Å²) in [5.74, 6) is -5.54. The maximum atomic E-state index is 14.9. The van der Waals surface area contributed by atoms with Crippen molar-refractivity contribution in [2.45, 2.75) is 37.1 Å². The Morgan fingerprint density at radius 1 is 0.847 bits per heavy atom. The number of pyridine rings is 1. The molecule has 31 heteroatoms. The third-order valence-corrected chi connectivity index (χ3v) is 12.6. The second-order valence-electron chi connectivity index (χ2n) is 14.9. The van der Waals surface area contributed by atoms with E-state index in [9.17, 15) is 58.8 Å². The Balaban J connectivity index is 1.25. The van der Waals surface area contributed by atoms with Gasteiger partial charge in [0.25, 0.3) is 21.6 Å². The number of nitrogens with two attached hydrogens (primary N) is 1. The van der Waals surface area contributed by atoms with Crippen LogP contribution < -0.4 is 27.4 Å². The number of amides is 1. The number of carbonyl (C=O) groups excluding carboxylic acids is 2. The van der Waals surface area contributed by atoms with Gasteiger partial charge < -0.3 is 26.6 Å². The van der Waals surface area contributed by atoms with Crippen molar-refractivity contribution in [2.24, 2.45) is 31.3 Å². The first-order valence-corrected chi connectivity index (χ1v) is 24.6. The molecule has 27 nitrogen and oxygen atoms in total. The third kappa shape index (κ3) is 13.0. The minimum Gasteiger partial charge on any atom is -0.504 e. The number of azo groups is 2. The number of nitrogens with zero attached hydrogens (tertiary/aromatic N) is 9. The topological polar surface area (TPSA) is 411 Å². The van der Waals surface area contributed by atoms with Gasteiger partial charge >= 0.3 is 16.5 Å². The molecule has 6 rings (SSSR count). The molecule has 1 amide bonds. The van der Waals surface area contributed by atoms with E-state index < -0.39 is 123 Å². The molecule has 72 heavy (non-hydrogen) atoms. The maximum absolute atomic E-state index is 14.9. The number of carbonyl (C=O) groups is 2. The number of phenolic OH excluding ortho intramolecular Hbond substituents is 1. The predicted molar refractivity (Wildman–Crippen MR) is 253 cm³/mol. The Kier molecular flexibility index (Phi) is 15.9. The van der Waals surface area contributed by atoms with E-state index in [2.05, 4.69) is 60.8 Å². The minimum absolute atomic E-state index is 0.00412. The van der Waals surface area contributed by atoms with Crippen LogP contribution in [0.15, 0.2) is 119 Å². The number of hydrazone groups is 1. The lowest BCUT2D eigenvalue weighted by Crippen LogP contribution is -2.28. The van der Waals surface area contributed by atoms with Crippen molar-refractivity contribution < 1.29 is 62.7 Å². The number of rotatable bonds is 19. The molecular weight excluding hydrogens is 1010 g/mol. The van der Waals surface area contributed by atoms with Gasteiger partial charge in [-0.1, -0.05) is 36.4 Å². The summed E-state index contributed by atoms with van der Waals surface area (Å²) in [5, 5.41) is 47.7. The van der Waals surface area contributed by atoms with Gasteiger partial charge in [0.1, 0.15) is 11.3 Å². The molecule has 6 aromatic rings. The highest BCUT2D eigenvalue weighted by atomic mass is 32.3. The summed E-state index contributed by atoms with van der Waals surface area (Å²) >= 11 is 0. The van der Waals surface area contributed by atoms with Crippen LogP contribution in [0, 0.1) is 26.8 Å². The molecule has 9 N–H and O–H groups in total. The fraction of sp³-hybridized carbons (Fsp3) is 0.146. The molecule has 0 bridgehead atoms. The van der Waals surface area contributed by atoms with Crippen LogP contribution in [0.1, 0.15) is 43.0 Å². The molecule has 0 aliphatic rings. The van der Waals surface area contributed by atoms with Crippen LogP contribution >= 0.6 is 0 Å². The monoisotopic (exact) mass is 1050 g/mol. The quantitative estimate of drug-likeness (QED) is 0.0100. The highest BCUT2D eigenvalue weighted by molar-refractivity contribution is 7.92. The zero-order chi connectivity index (χ0) is 52.7. The first-order valence-electron chi connectivity index (χ1n) is 20.1. The normalized spacial score (nSPS) is 12.3. The lowest BCUT2D eigenvalue weighted by molar-refractivity contribution is 0.0994. The average molecular weight is 1050 g/mol. The maximum Gasteiger partial charge on any atom is 0.398 e. The summed E-state index contributed by atoms with van der Waals surface area (Å²) in [6.45, 7) is 3.49. The molecule has 0 spiro atoms. The molecule has 0 atom stereocenters. The van der Waals surface area contributed by atoms with Crippen molar-refractivity contribution >= 4 is 88.7 Å². The molecule has 2 aromatic heterocycles. The van der Waals surface area contributed by atoms with Gasteiger partial charge in [-0.15, -0.1) is 15.3 Å². The Morgan fingerprint density at radius 2 is 1.54 bits per heavy atom. The van der Waals surface area contributed by atoms with Crippen molar-refractivity contribution in [1.82, 2.24) is 19.5 Å². The fourth-order valence-electron chi connectivity index (χ4n) is 6.26. The van der Waals surface area contributed by atoms with Gasteiger partial charge in [0.15, 0.2) is 23.7 Å². The van der Waals surface area contributed by atoms with Crippen LogP contribution in [-0.2, 0) is 41.1 Å². The molecule has 0 saturated heterocycles. The summed E-state index contributed by atoms with van der Waals surface area (Å²) in [4.78, 5) is 47.6. The standard InChI is InChI=1S/C41H38FN13O14S3/c1-21-9-10-25(19-56)29(15-21)50-53-36(24-7-5-4-6-8-24)54-51-31-18-27(71(63,64)65)17-30(34(31)57)45-41-47-39(42)46-40(48-41)44-13-14-55-37(59)32(35(43)58)23(3)33(38(55)60)52-49-28-12-11-26(16-22(28)2)70(61,62)20-69-72(66,67)68/h4-12,15-19,51,57,59H,13-14,20H2,1-3H3,(H2,43,58)(H,63,64,65)(H,66,67,68)(H2,44,45,46,47,48)/b52-49?,53-50?,54-36-. The zero-order valence-corrected chi connectivity index (χ0v) is 39.7. The number of sulfone groups is 1. The van der Waals surface area contributed by atoms with E-state index in [1.807, 2.05) is 0 Å². The van der Waals surface area contributed by atoms with E-state index in [4.69, 9.17) is 10.3 Å². The zero-order valence-electron chi connectivity index (χ0n) is 37.3. The van der Waals surface area contributed by atoms with Crippen LogP contribution in [0.25, 0.3) is 0 Å². The van der Waals surface area contributed by atoms with Crippen molar-refractivity contribution in [3.63, 3.8) is 0 Å². The number of benzene rings is 4. The first kappa shape index (κ1) is 52.9. The smallest absolute Gasteiger partial charge is 0.398 e. The van der Waals surface area contributed by atoms with E-state index in [1.165, 1.54) is 13.8 Å². The first-order chi connectivity index (χ1) is 33.8. The number of aromatic nitrogens is 4. The van der Waals surface area contributed by atoms with Crippen molar-refractivity contribution in [3.05, 3.63) is 129 Å². The predicted octanol–water partition coefficient (Wildman–Crippen LogP) is 5.05. The molecule has 376 valence electrons. The average Bonchev–Trinajstić information content (AvgIpc) is 3.30. The van der Waals surface area contributed by atoms with Crippen molar-refractivity contribution in [2.75, 3.05) is 28.5 Å². The van der Waals surface area contributed by atoms with E-state index in [-0.39, 0.29) is 33.9 Å². The number of amidine groups is 1. The van der Waals surface area contributed by atoms with Crippen LogP contribution in [0.3, 0.4) is 0 Å². The van der Waals surface area contributed by atoms with E-state index >= 15 is 0 Å². The Bertz CT molecular complexity index is 3640. The molecule has 0 fully saturated rings. The summed E-state index contributed by atoms with van der Waals surface area (Å²) in [7, 11) is -14.5. The van der Waals surface area contributed by atoms with E-state index in [1.54, 1.807) is 55.5 Å². The van der Waals surface area contributed by atoms with Gasteiger partial charge in [-0.2, -0.15) is 46.4 Å². The fourth-order valence-corrected chi connectivity index (χ4v) is 8.56. The van der Waals surface area contributed by atoms with Gasteiger partial charge in [0.05, 0.1) is 26.9 Å². The molecular formula is C41H38FN13O14S3. The van der Waals surface area contributed by atoms with Crippen molar-refractivity contribution in [3.8, 4) is 11.6 Å². The van der Waals surface area contributed by atoms with Gasteiger partial charge in [-0.25, -0.2) is 12.6 Å². The number of phenols is 1. The highest BCUT2D eigenvalue weighted by Crippen LogP contribution is 2.37. The van der Waals surface area contributed by atoms with Gasteiger partial charge in [0.2, 0.25) is 33.4 Å². The molecule has 0 radical (unpaired) electrons. The molecule has 4 aromatic carbocycles. The number of aryl methyl sites for hydroxylation is 2. The molecule has 2 heterocycles. The summed E-state index contributed by atoms with van der Waals surface area (Å²) in [5.41, 5.74) is 6.49. The van der Waals surface area contributed by atoms with Crippen molar-refractivity contribution in [1.29, 1.82) is 0 Å². The lowest BCUT2D eigenvalue weighted by atomic mass is 10.1. The van der Waals surface area contributed by atoms with E-state index in [0.29, 0.717) is 16.4 Å². The Labute approximate surface area is 406 Å². The number of hydrogen-bond donors (Lipinski definition) is 8. The minimum atomic E-state index is -5.08. The summed E-state index contributed by atoms with van der Waals surface area (Å²) in [6.07, 6.45) is -0.839. The number of aldehydes is 1. The molecule has 0 unspecified atom stereocenters.